The van der Waals surface area contributed by atoms with Crippen LogP contribution in [0.25, 0.3) is 0 Å². The van der Waals surface area contributed by atoms with Crippen molar-refractivity contribution in [2.45, 2.75) is 13.5 Å². The Balaban J connectivity index is 1.88. The van der Waals surface area contributed by atoms with Gasteiger partial charge in [-0.25, -0.2) is 14.6 Å². The number of urea groups is 1. The molecule has 3 N–H and O–H groups in total. The fourth-order valence-corrected chi connectivity index (χ4v) is 2.24. The van der Waals surface area contributed by atoms with Crippen LogP contribution in [0.3, 0.4) is 0 Å². The van der Waals surface area contributed by atoms with Crippen molar-refractivity contribution in [3.63, 3.8) is 0 Å². The van der Waals surface area contributed by atoms with Crippen molar-refractivity contribution in [1.82, 2.24) is 20.1 Å². The van der Waals surface area contributed by atoms with Gasteiger partial charge in [-0.2, -0.15) is 5.10 Å². The van der Waals surface area contributed by atoms with Gasteiger partial charge in [-0.1, -0.05) is 0 Å². The summed E-state index contributed by atoms with van der Waals surface area (Å²) in [5.41, 5.74) is 1.32. The standard InChI is InChI=1S/C11H13N5O3S/c1-6-7(4-16(2)15-6)14-11(19)12-3-9-13-8(5-20-9)10(17)18/h4-5H,3H2,1-2H3,(H,17,18)(H2,12,14,19). The molecular weight excluding hydrogens is 282 g/mol. The van der Waals surface area contributed by atoms with E-state index in [2.05, 4.69) is 20.7 Å². The van der Waals surface area contributed by atoms with E-state index in [1.807, 2.05) is 0 Å². The lowest BCUT2D eigenvalue weighted by Gasteiger charge is -2.04. The van der Waals surface area contributed by atoms with Crippen LogP contribution in [0.15, 0.2) is 11.6 Å². The second-order valence-electron chi connectivity index (χ2n) is 4.04. The molecular formula is C11H13N5O3S. The fraction of sp³-hybridized carbons (Fsp3) is 0.273. The number of amides is 2. The van der Waals surface area contributed by atoms with Crippen LogP contribution in [-0.2, 0) is 13.6 Å². The van der Waals surface area contributed by atoms with Gasteiger partial charge in [0.15, 0.2) is 5.69 Å². The number of carbonyl (C=O) groups is 2. The van der Waals surface area contributed by atoms with Crippen molar-refractivity contribution in [2.75, 3.05) is 5.32 Å². The van der Waals surface area contributed by atoms with Crippen molar-refractivity contribution >= 4 is 29.0 Å². The Kier molecular flexibility index (Phi) is 3.99. The van der Waals surface area contributed by atoms with E-state index in [0.717, 1.165) is 0 Å². The van der Waals surface area contributed by atoms with Crippen LogP contribution in [0.4, 0.5) is 10.5 Å². The Labute approximate surface area is 118 Å². The maximum Gasteiger partial charge on any atom is 0.355 e. The summed E-state index contributed by atoms with van der Waals surface area (Å²) >= 11 is 1.18. The number of aromatic nitrogens is 3. The summed E-state index contributed by atoms with van der Waals surface area (Å²) in [5, 5.41) is 20.1. The second kappa shape index (κ2) is 5.70. The zero-order chi connectivity index (χ0) is 14.7. The summed E-state index contributed by atoms with van der Waals surface area (Å²) in [6.45, 7) is 1.96. The minimum absolute atomic E-state index is 0.0182. The number of nitrogens with one attached hydrogen (secondary N) is 2. The summed E-state index contributed by atoms with van der Waals surface area (Å²) in [6, 6.07) is -0.395. The molecule has 0 aliphatic heterocycles. The summed E-state index contributed by atoms with van der Waals surface area (Å²) in [5.74, 6) is -1.08. The number of carboxylic acids is 1. The highest BCUT2D eigenvalue weighted by atomic mass is 32.1. The first-order chi connectivity index (χ1) is 9.45. The van der Waals surface area contributed by atoms with Gasteiger partial charge in [0.2, 0.25) is 0 Å². The lowest BCUT2D eigenvalue weighted by Crippen LogP contribution is -2.28. The van der Waals surface area contributed by atoms with Gasteiger partial charge < -0.3 is 15.7 Å². The number of aryl methyl sites for hydroxylation is 2. The molecule has 0 spiro atoms. The molecule has 2 aromatic rings. The van der Waals surface area contributed by atoms with Gasteiger partial charge in [0.05, 0.1) is 17.9 Å². The number of aromatic carboxylic acids is 1. The highest BCUT2D eigenvalue weighted by molar-refractivity contribution is 7.09. The molecule has 0 aliphatic rings. The quantitative estimate of drug-likeness (QED) is 0.785. The summed E-state index contributed by atoms with van der Waals surface area (Å²) in [6.07, 6.45) is 1.70. The second-order valence-corrected chi connectivity index (χ2v) is 4.98. The number of carboxylic acid groups (broad SMARTS) is 1. The molecule has 0 aromatic carbocycles. The number of hydrogen-bond acceptors (Lipinski definition) is 5. The van der Waals surface area contributed by atoms with E-state index < -0.39 is 12.0 Å². The van der Waals surface area contributed by atoms with Crippen molar-refractivity contribution < 1.29 is 14.7 Å². The van der Waals surface area contributed by atoms with Gasteiger partial charge in [0, 0.05) is 18.6 Å². The van der Waals surface area contributed by atoms with Crippen LogP contribution >= 0.6 is 11.3 Å². The Hall–Kier alpha value is -2.42. The molecule has 2 aromatic heterocycles. The minimum atomic E-state index is -1.08. The van der Waals surface area contributed by atoms with Crippen molar-refractivity contribution in [3.05, 3.63) is 28.0 Å². The molecule has 2 heterocycles. The van der Waals surface area contributed by atoms with E-state index in [1.165, 1.54) is 16.7 Å². The van der Waals surface area contributed by atoms with Crippen molar-refractivity contribution in [1.29, 1.82) is 0 Å². The number of carbonyl (C=O) groups excluding carboxylic acids is 1. The molecule has 2 rings (SSSR count). The molecule has 8 nitrogen and oxygen atoms in total. The average molecular weight is 295 g/mol. The zero-order valence-electron chi connectivity index (χ0n) is 10.9. The van der Waals surface area contributed by atoms with Crippen LogP contribution in [0.2, 0.25) is 0 Å². The molecule has 106 valence electrons. The lowest BCUT2D eigenvalue weighted by atomic mass is 10.4. The fourth-order valence-electron chi connectivity index (χ4n) is 1.54. The minimum Gasteiger partial charge on any atom is -0.476 e. The van der Waals surface area contributed by atoms with Gasteiger partial charge in [0.1, 0.15) is 5.01 Å². The van der Waals surface area contributed by atoms with Crippen LogP contribution in [0, 0.1) is 6.92 Å². The lowest BCUT2D eigenvalue weighted by molar-refractivity contribution is 0.0691. The van der Waals surface area contributed by atoms with Crippen LogP contribution in [0.1, 0.15) is 21.2 Å². The van der Waals surface area contributed by atoms with E-state index in [4.69, 9.17) is 5.11 Å². The van der Waals surface area contributed by atoms with E-state index in [-0.39, 0.29) is 12.2 Å². The topological polar surface area (TPSA) is 109 Å². The predicted molar refractivity (Wildman–Crippen MR) is 72.9 cm³/mol. The third-order valence-corrected chi connectivity index (χ3v) is 3.28. The van der Waals surface area contributed by atoms with Crippen LogP contribution < -0.4 is 10.6 Å². The van der Waals surface area contributed by atoms with Crippen molar-refractivity contribution in [2.24, 2.45) is 7.05 Å². The van der Waals surface area contributed by atoms with Crippen LogP contribution in [0.5, 0.6) is 0 Å². The number of hydrogen-bond donors (Lipinski definition) is 3. The van der Waals surface area contributed by atoms with E-state index in [1.54, 1.807) is 24.9 Å². The third-order valence-electron chi connectivity index (χ3n) is 2.43. The molecule has 0 saturated heterocycles. The molecule has 20 heavy (non-hydrogen) atoms. The first-order valence-electron chi connectivity index (χ1n) is 5.68. The smallest absolute Gasteiger partial charge is 0.355 e. The summed E-state index contributed by atoms with van der Waals surface area (Å²) in [4.78, 5) is 26.2. The van der Waals surface area contributed by atoms with Crippen molar-refractivity contribution in [3.8, 4) is 0 Å². The largest absolute Gasteiger partial charge is 0.476 e. The maximum atomic E-state index is 11.7. The van der Waals surface area contributed by atoms with Gasteiger partial charge in [-0.3, -0.25) is 4.68 Å². The molecule has 0 saturated carbocycles. The summed E-state index contributed by atoms with van der Waals surface area (Å²) in [7, 11) is 1.76. The van der Waals surface area contributed by atoms with E-state index >= 15 is 0 Å². The molecule has 0 radical (unpaired) electrons. The Morgan fingerprint density at radius 2 is 2.25 bits per heavy atom. The molecule has 0 atom stereocenters. The number of nitrogens with zero attached hydrogens (tertiary/aromatic N) is 3. The highest BCUT2D eigenvalue weighted by Crippen LogP contribution is 2.12. The van der Waals surface area contributed by atoms with E-state index in [0.29, 0.717) is 16.4 Å². The number of anilines is 1. The first-order valence-corrected chi connectivity index (χ1v) is 6.56. The normalized spacial score (nSPS) is 10.3. The molecule has 0 aliphatic carbocycles. The van der Waals surface area contributed by atoms with Gasteiger partial charge >= 0.3 is 12.0 Å². The Bertz CT molecular complexity index is 648. The van der Waals surface area contributed by atoms with Gasteiger partial charge in [0.25, 0.3) is 0 Å². The predicted octanol–water partition coefficient (Wildman–Crippen LogP) is 1.20. The SMILES string of the molecule is Cc1nn(C)cc1NC(=O)NCc1nc(C(=O)O)cs1. The molecule has 2 amide bonds. The number of rotatable bonds is 4. The van der Waals surface area contributed by atoms with Gasteiger partial charge in [-0.05, 0) is 6.92 Å². The molecule has 0 bridgehead atoms. The number of thiazole rings is 1. The zero-order valence-corrected chi connectivity index (χ0v) is 11.7. The van der Waals surface area contributed by atoms with Crippen LogP contribution in [-0.4, -0.2) is 31.9 Å². The summed E-state index contributed by atoms with van der Waals surface area (Å²) < 4.78 is 1.60. The Morgan fingerprint density at radius 3 is 2.80 bits per heavy atom. The monoisotopic (exact) mass is 295 g/mol. The van der Waals surface area contributed by atoms with Gasteiger partial charge in [-0.15, -0.1) is 11.3 Å². The maximum absolute atomic E-state index is 11.7. The molecule has 9 heteroatoms. The highest BCUT2D eigenvalue weighted by Gasteiger charge is 2.10. The Morgan fingerprint density at radius 1 is 1.50 bits per heavy atom. The average Bonchev–Trinajstić information content (AvgIpc) is 2.94. The molecule has 0 unspecified atom stereocenters. The third kappa shape index (κ3) is 3.32. The van der Waals surface area contributed by atoms with E-state index in [9.17, 15) is 9.59 Å². The molecule has 0 fully saturated rings. The first kappa shape index (κ1) is 14.0.